The van der Waals surface area contributed by atoms with Gasteiger partial charge in [0.15, 0.2) is 5.82 Å². The van der Waals surface area contributed by atoms with Crippen LogP contribution in [0.5, 0.6) is 0 Å². The molecule has 1 saturated carbocycles. The van der Waals surface area contributed by atoms with Gasteiger partial charge in [-0.25, -0.2) is 14.8 Å². The Hall–Kier alpha value is -2.32. The van der Waals surface area contributed by atoms with E-state index in [1.54, 1.807) is 0 Å². The highest BCUT2D eigenvalue weighted by molar-refractivity contribution is 7.99. The number of amides is 2. The summed E-state index contributed by atoms with van der Waals surface area (Å²) < 4.78 is 5.64. The number of hydrogen-bond acceptors (Lipinski definition) is 6. The van der Waals surface area contributed by atoms with E-state index in [0.29, 0.717) is 17.3 Å². The third-order valence-electron chi connectivity index (χ3n) is 5.83. The minimum absolute atomic E-state index is 0.145. The van der Waals surface area contributed by atoms with Crippen molar-refractivity contribution < 1.29 is 9.53 Å². The first-order valence-electron chi connectivity index (χ1n) is 10.6. The maximum Gasteiger partial charge on any atom is 0.319 e. The number of aromatic nitrogens is 2. The summed E-state index contributed by atoms with van der Waals surface area (Å²) in [5.41, 5.74) is 4.13. The zero-order chi connectivity index (χ0) is 20.7. The molecule has 2 aromatic rings. The van der Waals surface area contributed by atoms with E-state index in [0.717, 1.165) is 66.9 Å². The highest BCUT2D eigenvalue weighted by Crippen LogP contribution is 2.45. The van der Waals surface area contributed by atoms with E-state index in [4.69, 9.17) is 14.7 Å². The molecule has 2 amide bonds. The molecule has 1 aliphatic carbocycles. The summed E-state index contributed by atoms with van der Waals surface area (Å²) in [6.45, 7) is 6.72. The second kappa shape index (κ2) is 8.07. The van der Waals surface area contributed by atoms with Gasteiger partial charge in [0.05, 0.1) is 24.9 Å². The number of carbonyl (C=O) groups excluding carboxylic acids is 1. The maximum absolute atomic E-state index is 12.0. The van der Waals surface area contributed by atoms with E-state index < -0.39 is 0 Å². The lowest BCUT2D eigenvalue weighted by molar-refractivity contribution is 0.0984. The molecule has 158 valence electrons. The van der Waals surface area contributed by atoms with Gasteiger partial charge in [-0.05, 0) is 51.0 Å². The molecule has 3 aliphatic rings. The molecule has 7 nitrogen and oxygen atoms in total. The summed E-state index contributed by atoms with van der Waals surface area (Å²) in [6.07, 6.45) is 2.14. The third kappa shape index (κ3) is 3.98. The smallest absolute Gasteiger partial charge is 0.319 e. The van der Waals surface area contributed by atoms with Gasteiger partial charge in [0.1, 0.15) is 5.82 Å². The summed E-state index contributed by atoms with van der Waals surface area (Å²) in [5.74, 6) is 2.71. The van der Waals surface area contributed by atoms with Crippen molar-refractivity contribution in [1.82, 2.24) is 15.3 Å². The van der Waals surface area contributed by atoms with Crippen molar-refractivity contribution in [3.05, 3.63) is 35.5 Å². The molecule has 1 saturated heterocycles. The fourth-order valence-electron chi connectivity index (χ4n) is 3.99. The van der Waals surface area contributed by atoms with Crippen LogP contribution in [0.1, 0.15) is 43.2 Å². The number of benzene rings is 1. The number of rotatable bonds is 4. The molecule has 5 rings (SSSR count). The van der Waals surface area contributed by atoms with Crippen molar-refractivity contribution in [1.29, 1.82) is 0 Å². The lowest BCUT2D eigenvalue weighted by Gasteiger charge is -2.36. The molecule has 2 N–H and O–H groups in total. The number of anilines is 2. The number of morpholine rings is 1. The van der Waals surface area contributed by atoms with Crippen LogP contribution in [0.4, 0.5) is 16.3 Å². The molecule has 30 heavy (non-hydrogen) atoms. The van der Waals surface area contributed by atoms with Crippen molar-refractivity contribution in [3.63, 3.8) is 0 Å². The largest absolute Gasteiger partial charge is 0.377 e. The van der Waals surface area contributed by atoms with Crippen LogP contribution in [0.15, 0.2) is 24.3 Å². The van der Waals surface area contributed by atoms with Crippen LogP contribution in [-0.4, -0.2) is 47.8 Å². The average Bonchev–Trinajstić information content (AvgIpc) is 3.48. The minimum Gasteiger partial charge on any atom is -0.377 e. The molecule has 2 fully saturated rings. The lowest BCUT2D eigenvalue weighted by Crippen LogP contribution is -2.44. The van der Waals surface area contributed by atoms with E-state index in [9.17, 15) is 4.79 Å². The first-order chi connectivity index (χ1) is 14.6. The number of carbonyl (C=O) groups is 1. The zero-order valence-corrected chi connectivity index (χ0v) is 18.2. The van der Waals surface area contributed by atoms with Gasteiger partial charge in [-0.2, -0.15) is 0 Å². The molecule has 0 bridgehead atoms. The minimum atomic E-state index is -0.145. The van der Waals surface area contributed by atoms with Gasteiger partial charge in [0.2, 0.25) is 0 Å². The Bertz CT molecular complexity index is 947. The van der Waals surface area contributed by atoms with Gasteiger partial charge in [0, 0.05) is 40.4 Å². The normalized spacial score (nSPS) is 23.2. The lowest BCUT2D eigenvalue weighted by atomic mass is 10.1. The Morgan fingerprint density at radius 2 is 2.00 bits per heavy atom. The van der Waals surface area contributed by atoms with E-state index >= 15 is 0 Å². The zero-order valence-electron chi connectivity index (χ0n) is 17.4. The quantitative estimate of drug-likeness (QED) is 0.772. The summed E-state index contributed by atoms with van der Waals surface area (Å²) in [7, 11) is 0. The van der Waals surface area contributed by atoms with E-state index in [2.05, 4.69) is 29.4 Å². The molecule has 3 heterocycles. The summed E-state index contributed by atoms with van der Waals surface area (Å²) >= 11 is 1.91. The van der Waals surface area contributed by atoms with Gasteiger partial charge in [-0.1, -0.05) is 0 Å². The highest BCUT2D eigenvalue weighted by Gasteiger charge is 2.31. The Morgan fingerprint density at radius 1 is 1.20 bits per heavy atom. The molecule has 8 heteroatoms. The fraction of sp³-hybridized carbons (Fsp3) is 0.500. The van der Waals surface area contributed by atoms with Crippen LogP contribution in [0.2, 0.25) is 0 Å². The van der Waals surface area contributed by atoms with Gasteiger partial charge >= 0.3 is 6.03 Å². The maximum atomic E-state index is 12.0. The van der Waals surface area contributed by atoms with Crippen molar-refractivity contribution >= 4 is 29.3 Å². The van der Waals surface area contributed by atoms with Crippen molar-refractivity contribution in [2.75, 3.05) is 30.0 Å². The van der Waals surface area contributed by atoms with Crippen LogP contribution in [0.3, 0.4) is 0 Å². The Balaban J connectivity index is 1.42. The molecular weight excluding hydrogens is 398 g/mol. The number of hydrogen-bond donors (Lipinski definition) is 2. The molecule has 0 radical (unpaired) electrons. The van der Waals surface area contributed by atoms with E-state index in [1.807, 2.05) is 36.0 Å². The summed E-state index contributed by atoms with van der Waals surface area (Å²) in [6, 6.07) is 8.26. The first-order valence-corrected chi connectivity index (χ1v) is 11.7. The van der Waals surface area contributed by atoms with Gasteiger partial charge < -0.3 is 20.3 Å². The molecule has 1 aromatic carbocycles. The van der Waals surface area contributed by atoms with Crippen LogP contribution < -0.4 is 15.5 Å². The molecule has 2 aliphatic heterocycles. The predicted octanol–water partition coefficient (Wildman–Crippen LogP) is 3.96. The summed E-state index contributed by atoms with van der Waals surface area (Å²) in [4.78, 5) is 24.3. The Morgan fingerprint density at radius 3 is 2.73 bits per heavy atom. The Labute approximate surface area is 181 Å². The van der Waals surface area contributed by atoms with Crippen molar-refractivity contribution in [3.8, 4) is 11.4 Å². The topological polar surface area (TPSA) is 79.4 Å². The van der Waals surface area contributed by atoms with Crippen LogP contribution >= 0.6 is 11.8 Å². The van der Waals surface area contributed by atoms with Crippen LogP contribution in [0, 0.1) is 0 Å². The average molecular weight is 426 g/mol. The van der Waals surface area contributed by atoms with Crippen LogP contribution in [0.25, 0.3) is 11.4 Å². The number of fused-ring (bicyclic) bond motifs is 1. The SMILES string of the molecule is CC1SCc2nc(-c3ccc(NC(=O)NC4CC4)cc3)nc(N3CCOCC3C)c21. The summed E-state index contributed by atoms with van der Waals surface area (Å²) in [5, 5.41) is 6.23. The van der Waals surface area contributed by atoms with E-state index in [-0.39, 0.29) is 6.03 Å². The highest BCUT2D eigenvalue weighted by atomic mass is 32.2. The second-order valence-corrected chi connectivity index (χ2v) is 9.58. The number of nitrogens with one attached hydrogen (secondary N) is 2. The number of ether oxygens (including phenoxy) is 1. The molecule has 2 unspecified atom stereocenters. The van der Waals surface area contributed by atoms with Crippen molar-refractivity contribution in [2.24, 2.45) is 0 Å². The number of nitrogens with zero attached hydrogens (tertiary/aromatic N) is 3. The Kier molecular flexibility index (Phi) is 5.28. The fourth-order valence-corrected chi connectivity index (χ4v) is 5.03. The van der Waals surface area contributed by atoms with Crippen molar-refractivity contribution in [2.45, 2.75) is 49.8 Å². The third-order valence-corrected chi connectivity index (χ3v) is 7.01. The molecule has 2 atom stereocenters. The van der Waals surface area contributed by atoms with Gasteiger partial charge in [-0.3, -0.25) is 0 Å². The van der Waals surface area contributed by atoms with Crippen LogP contribution in [-0.2, 0) is 10.5 Å². The molecule has 1 aromatic heterocycles. The molecule has 0 spiro atoms. The van der Waals surface area contributed by atoms with Gasteiger partial charge in [0.25, 0.3) is 0 Å². The van der Waals surface area contributed by atoms with Gasteiger partial charge in [-0.15, -0.1) is 11.8 Å². The standard InChI is InChI=1S/C22H27N5O2S/c1-13-11-29-10-9-27(13)21-19-14(2)30-12-18(19)25-20(26-21)15-3-5-16(6-4-15)23-22(28)24-17-7-8-17/h3-6,13-14,17H,7-12H2,1-2H3,(H2,23,24,28). The first kappa shape index (κ1) is 19.6. The van der Waals surface area contributed by atoms with E-state index in [1.165, 1.54) is 5.56 Å². The predicted molar refractivity (Wildman–Crippen MR) is 120 cm³/mol. The monoisotopic (exact) mass is 425 g/mol. The number of thioether (sulfide) groups is 1. The molecular formula is C22H27N5O2S. The second-order valence-electron chi connectivity index (χ2n) is 8.25. The number of urea groups is 1.